The monoisotopic (exact) mass is 384 g/mol. The number of esters is 1. The van der Waals surface area contributed by atoms with E-state index in [4.69, 9.17) is 4.74 Å². The summed E-state index contributed by atoms with van der Waals surface area (Å²) in [5.74, 6) is -2.46. The Bertz CT molecular complexity index is 899. The van der Waals surface area contributed by atoms with Gasteiger partial charge < -0.3 is 15.4 Å². The molecule has 2 aromatic carbocycles. The molecule has 28 heavy (non-hydrogen) atoms. The van der Waals surface area contributed by atoms with E-state index >= 15 is 0 Å². The molecule has 1 fully saturated rings. The van der Waals surface area contributed by atoms with E-state index in [1.165, 1.54) is 6.07 Å². The summed E-state index contributed by atoms with van der Waals surface area (Å²) in [5, 5.41) is 5.36. The molecule has 0 aromatic heterocycles. The first-order valence-electron chi connectivity index (χ1n) is 9.09. The van der Waals surface area contributed by atoms with Crippen LogP contribution in [0.4, 0.5) is 10.1 Å². The number of anilines is 1. The van der Waals surface area contributed by atoms with Gasteiger partial charge in [-0.15, -0.1) is 0 Å². The quantitative estimate of drug-likeness (QED) is 0.719. The number of benzene rings is 2. The van der Waals surface area contributed by atoms with Gasteiger partial charge in [0.05, 0.1) is 29.7 Å². The molecule has 1 aliphatic rings. The number of carbonyl (C=O) groups excluding carboxylic acids is 3. The molecule has 3 rings (SSSR count). The molecule has 0 spiro atoms. The minimum Gasteiger partial charge on any atom is -0.462 e. The first-order valence-corrected chi connectivity index (χ1v) is 9.09. The minimum absolute atomic E-state index is 0.0715. The Morgan fingerprint density at radius 1 is 1.04 bits per heavy atom. The van der Waals surface area contributed by atoms with E-state index in [0.717, 1.165) is 0 Å². The predicted molar refractivity (Wildman–Crippen MR) is 101 cm³/mol. The van der Waals surface area contributed by atoms with Gasteiger partial charge in [-0.2, -0.15) is 0 Å². The van der Waals surface area contributed by atoms with Gasteiger partial charge in [0.2, 0.25) is 11.8 Å². The Morgan fingerprint density at radius 3 is 2.46 bits per heavy atom. The van der Waals surface area contributed by atoms with Gasteiger partial charge in [-0.25, -0.2) is 9.18 Å². The highest BCUT2D eigenvalue weighted by Crippen LogP contribution is 2.39. The van der Waals surface area contributed by atoms with Crippen LogP contribution in [0.2, 0.25) is 0 Å². The molecule has 2 unspecified atom stereocenters. The Labute approximate surface area is 162 Å². The van der Waals surface area contributed by atoms with E-state index in [-0.39, 0.29) is 36.3 Å². The SMILES string of the molecule is CCOC(=O)c1ccccc1NC(=O)C1CC1C(=O)NCc1ccccc1F. The van der Waals surface area contributed by atoms with Crippen molar-refractivity contribution in [3.63, 3.8) is 0 Å². The zero-order valence-electron chi connectivity index (χ0n) is 15.4. The lowest BCUT2D eigenvalue weighted by Gasteiger charge is -2.10. The van der Waals surface area contributed by atoms with Crippen molar-refractivity contribution in [1.82, 2.24) is 5.32 Å². The molecule has 146 valence electrons. The summed E-state index contributed by atoms with van der Waals surface area (Å²) in [6.07, 6.45) is 0.413. The summed E-state index contributed by atoms with van der Waals surface area (Å²) >= 11 is 0. The zero-order valence-corrected chi connectivity index (χ0v) is 15.4. The lowest BCUT2D eigenvalue weighted by Crippen LogP contribution is -2.27. The highest BCUT2D eigenvalue weighted by molar-refractivity contribution is 6.04. The van der Waals surface area contributed by atoms with Gasteiger partial charge in [-0.05, 0) is 31.5 Å². The number of ether oxygens (including phenoxy) is 1. The average Bonchev–Trinajstić information content (AvgIpc) is 3.49. The summed E-state index contributed by atoms with van der Waals surface area (Å²) in [4.78, 5) is 36.7. The van der Waals surface area contributed by atoms with Gasteiger partial charge in [-0.1, -0.05) is 30.3 Å². The van der Waals surface area contributed by atoms with Crippen LogP contribution in [0.15, 0.2) is 48.5 Å². The van der Waals surface area contributed by atoms with Gasteiger partial charge >= 0.3 is 5.97 Å². The topological polar surface area (TPSA) is 84.5 Å². The fraction of sp³-hybridized carbons (Fsp3) is 0.286. The summed E-state index contributed by atoms with van der Waals surface area (Å²) in [6, 6.07) is 12.8. The number of amides is 2. The molecule has 6 nitrogen and oxygen atoms in total. The maximum atomic E-state index is 13.6. The highest BCUT2D eigenvalue weighted by Gasteiger charge is 2.48. The summed E-state index contributed by atoms with van der Waals surface area (Å²) in [7, 11) is 0. The molecule has 7 heteroatoms. The molecular weight excluding hydrogens is 363 g/mol. The van der Waals surface area contributed by atoms with E-state index in [0.29, 0.717) is 17.7 Å². The molecule has 2 aromatic rings. The molecule has 0 bridgehead atoms. The standard InChI is InChI=1S/C21H21FN2O4/c1-2-28-21(27)14-8-4-6-10-18(14)24-20(26)16-11-15(16)19(25)23-12-13-7-3-5-9-17(13)22/h3-10,15-16H,2,11-12H2,1H3,(H,23,25)(H,24,26). The van der Waals surface area contributed by atoms with Gasteiger partial charge in [0.15, 0.2) is 0 Å². The molecule has 1 saturated carbocycles. The predicted octanol–water partition coefficient (Wildman–Crippen LogP) is 2.89. The van der Waals surface area contributed by atoms with E-state index in [9.17, 15) is 18.8 Å². The highest BCUT2D eigenvalue weighted by atomic mass is 19.1. The third-order valence-electron chi connectivity index (χ3n) is 4.56. The van der Waals surface area contributed by atoms with Crippen LogP contribution in [0.25, 0.3) is 0 Å². The lowest BCUT2D eigenvalue weighted by molar-refractivity contribution is -0.125. The van der Waals surface area contributed by atoms with Crippen molar-refractivity contribution in [1.29, 1.82) is 0 Å². The first-order chi connectivity index (χ1) is 13.5. The van der Waals surface area contributed by atoms with Crippen LogP contribution < -0.4 is 10.6 Å². The zero-order chi connectivity index (χ0) is 20.1. The molecule has 2 amide bonds. The van der Waals surface area contributed by atoms with Crippen molar-refractivity contribution < 1.29 is 23.5 Å². The third kappa shape index (κ3) is 4.54. The minimum atomic E-state index is -0.520. The van der Waals surface area contributed by atoms with Crippen LogP contribution >= 0.6 is 0 Å². The Morgan fingerprint density at radius 2 is 1.71 bits per heavy atom. The fourth-order valence-electron chi connectivity index (χ4n) is 2.93. The van der Waals surface area contributed by atoms with E-state index < -0.39 is 17.8 Å². The summed E-state index contributed by atoms with van der Waals surface area (Å²) < 4.78 is 18.6. The van der Waals surface area contributed by atoms with Crippen LogP contribution in [0.3, 0.4) is 0 Å². The summed E-state index contributed by atoms with van der Waals surface area (Å²) in [5.41, 5.74) is 1.00. The second kappa shape index (κ2) is 8.65. The molecule has 2 atom stereocenters. The van der Waals surface area contributed by atoms with Crippen LogP contribution in [-0.2, 0) is 20.9 Å². The molecule has 2 N–H and O–H groups in total. The van der Waals surface area contributed by atoms with E-state index in [1.807, 2.05) is 0 Å². The smallest absolute Gasteiger partial charge is 0.340 e. The number of para-hydroxylation sites is 1. The third-order valence-corrected chi connectivity index (χ3v) is 4.56. The van der Waals surface area contributed by atoms with Gasteiger partial charge in [0.1, 0.15) is 5.82 Å². The molecule has 0 saturated heterocycles. The second-order valence-electron chi connectivity index (χ2n) is 6.51. The van der Waals surface area contributed by atoms with E-state index in [2.05, 4.69) is 10.6 Å². The number of nitrogens with one attached hydrogen (secondary N) is 2. The number of carbonyl (C=O) groups is 3. The van der Waals surface area contributed by atoms with Crippen molar-refractivity contribution in [2.75, 3.05) is 11.9 Å². The second-order valence-corrected chi connectivity index (χ2v) is 6.51. The average molecular weight is 384 g/mol. The molecular formula is C21H21FN2O4. The maximum Gasteiger partial charge on any atom is 0.340 e. The number of rotatable bonds is 7. The van der Waals surface area contributed by atoms with Gasteiger partial charge in [0, 0.05) is 12.1 Å². The molecule has 1 aliphatic carbocycles. The number of halogens is 1. The largest absolute Gasteiger partial charge is 0.462 e. The summed E-state index contributed by atoms with van der Waals surface area (Å²) in [6.45, 7) is 2.00. The number of hydrogen-bond donors (Lipinski definition) is 2. The first kappa shape index (κ1) is 19.5. The van der Waals surface area contributed by atoms with E-state index in [1.54, 1.807) is 49.4 Å². The Hall–Kier alpha value is -3.22. The van der Waals surface area contributed by atoms with Crippen LogP contribution in [0, 0.1) is 17.7 Å². The molecule has 0 radical (unpaired) electrons. The Balaban J connectivity index is 1.55. The van der Waals surface area contributed by atoms with Crippen molar-refractivity contribution >= 4 is 23.5 Å². The van der Waals surface area contributed by atoms with Crippen LogP contribution in [0.5, 0.6) is 0 Å². The fourth-order valence-corrected chi connectivity index (χ4v) is 2.93. The van der Waals surface area contributed by atoms with Crippen molar-refractivity contribution in [2.24, 2.45) is 11.8 Å². The van der Waals surface area contributed by atoms with Crippen molar-refractivity contribution in [3.8, 4) is 0 Å². The van der Waals surface area contributed by atoms with Crippen molar-refractivity contribution in [2.45, 2.75) is 19.9 Å². The van der Waals surface area contributed by atoms with Crippen molar-refractivity contribution in [3.05, 3.63) is 65.5 Å². The normalized spacial score (nSPS) is 17.5. The lowest BCUT2D eigenvalue weighted by atomic mass is 10.1. The molecule has 0 heterocycles. The number of hydrogen-bond acceptors (Lipinski definition) is 4. The maximum absolute atomic E-state index is 13.6. The van der Waals surface area contributed by atoms with Gasteiger partial charge in [0.25, 0.3) is 0 Å². The van der Waals surface area contributed by atoms with Crippen LogP contribution in [-0.4, -0.2) is 24.4 Å². The Kier molecular flexibility index (Phi) is 6.03. The van der Waals surface area contributed by atoms with Crippen LogP contribution in [0.1, 0.15) is 29.3 Å². The van der Waals surface area contributed by atoms with Gasteiger partial charge in [-0.3, -0.25) is 9.59 Å². The molecule has 0 aliphatic heterocycles.